The fourth-order valence-electron chi connectivity index (χ4n) is 0.920. The van der Waals surface area contributed by atoms with Crippen LogP contribution in [-0.2, 0) is 4.79 Å². The van der Waals surface area contributed by atoms with Crippen molar-refractivity contribution < 1.29 is 13.6 Å². The van der Waals surface area contributed by atoms with Gasteiger partial charge in [0.2, 0.25) is 5.91 Å². The lowest BCUT2D eigenvalue weighted by atomic mass is 10.2. The predicted octanol–water partition coefficient (Wildman–Crippen LogP) is 1.23. The average Bonchev–Trinajstić information content (AvgIpc) is 2.22. The van der Waals surface area contributed by atoms with Gasteiger partial charge in [0.1, 0.15) is 0 Å². The summed E-state index contributed by atoms with van der Waals surface area (Å²) in [4.78, 5) is 11.1. The number of halogens is 2. The maximum Gasteiger partial charge on any atom is 0.277 e. The summed E-state index contributed by atoms with van der Waals surface area (Å²) in [5, 5.41) is 2.18. The fourth-order valence-corrected chi connectivity index (χ4v) is 1.41. The van der Waals surface area contributed by atoms with Crippen molar-refractivity contribution in [1.82, 2.24) is 5.32 Å². The summed E-state index contributed by atoms with van der Waals surface area (Å²) in [7, 11) is 0. The van der Waals surface area contributed by atoms with Crippen LogP contribution in [-0.4, -0.2) is 36.9 Å². The zero-order chi connectivity index (χ0) is 11.7. The minimum Gasteiger partial charge on any atom is -0.350 e. The molecule has 0 aromatic rings. The van der Waals surface area contributed by atoms with Crippen molar-refractivity contribution in [2.24, 2.45) is 5.73 Å². The van der Waals surface area contributed by atoms with E-state index >= 15 is 0 Å². The van der Waals surface area contributed by atoms with Gasteiger partial charge in [-0.1, -0.05) is 0 Å². The molecule has 3 nitrogen and oxygen atoms in total. The molecule has 90 valence electrons. The van der Waals surface area contributed by atoms with Crippen LogP contribution < -0.4 is 11.1 Å². The van der Waals surface area contributed by atoms with Gasteiger partial charge < -0.3 is 11.1 Å². The van der Waals surface area contributed by atoms with Gasteiger partial charge in [-0.15, -0.1) is 0 Å². The van der Waals surface area contributed by atoms with Gasteiger partial charge >= 0.3 is 0 Å². The maximum absolute atomic E-state index is 12.6. The summed E-state index contributed by atoms with van der Waals surface area (Å²) in [6.07, 6.45) is 3.96. The molecule has 0 aromatic carbocycles. The number of carbonyl (C=O) groups is 1. The van der Waals surface area contributed by atoms with E-state index in [1.165, 1.54) is 0 Å². The Morgan fingerprint density at radius 2 is 2.13 bits per heavy atom. The lowest BCUT2D eigenvalue weighted by molar-refractivity contribution is -0.123. The molecule has 0 saturated heterocycles. The Bertz CT molecular complexity index is 191. The van der Waals surface area contributed by atoms with Crippen molar-refractivity contribution in [3.8, 4) is 0 Å². The van der Waals surface area contributed by atoms with Crippen LogP contribution in [0.3, 0.4) is 0 Å². The molecule has 0 aliphatic rings. The van der Waals surface area contributed by atoms with E-state index in [1.54, 1.807) is 11.8 Å². The highest BCUT2D eigenvalue weighted by Gasteiger charge is 2.26. The Labute approximate surface area is 93.2 Å². The molecule has 0 aliphatic carbocycles. The zero-order valence-electron chi connectivity index (χ0n) is 8.89. The van der Waals surface area contributed by atoms with E-state index in [4.69, 9.17) is 5.73 Å². The highest BCUT2D eigenvalue weighted by molar-refractivity contribution is 7.98. The molecular formula is C9H18F2N2OS. The monoisotopic (exact) mass is 240 g/mol. The fraction of sp³-hybridized carbons (Fsp3) is 0.889. The molecule has 0 radical (unpaired) electrons. The standard InChI is InChI=1S/C9H18F2N2OS/c1-15-5-3-2-4-8(14)13-7-9(10,11)6-12/h2-7,12H2,1H3,(H,13,14). The van der Waals surface area contributed by atoms with E-state index in [1.807, 2.05) is 6.26 Å². The summed E-state index contributed by atoms with van der Waals surface area (Å²) in [5.41, 5.74) is 4.83. The number of hydrogen-bond acceptors (Lipinski definition) is 3. The van der Waals surface area contributed by atoms with Crippen LogP contribution >= 0.6 is 11.8 Å². The minimum atomic E-state index is -2.99. The van der Waals surface area contributed by atoms with Crippen molar-refractivity contribution in [2.45, 2.75) is 25.2 Å². The summed E-state index contributed by atoms with van der Waals surface area (Å²) in [6, 6.07) is 0. The lowest BCUT2D eigenvalue weighted by Crippen LogP contribution is -2.41. The SMILES string of the molecule is CSCCCCC(=O)NCC(F)(F)CN. The van der Waals surface area contributed by atoms with E-state index in [-0.39, 0.29) is 5.91 Å². The third-order valence-electron chi connectivity index (χ3n) is 1.85. The average molecular weight is 240 g/mol. The Hall–Kier alpha value is -0.360. The van der Waals surface area contributed by atoms with E-state index in [0.29, 0.717) is 6.42 Å². The third kappa shape index (κ3) is 8.62. The van der Waals surface area contributed by atoms with Gasteiger partial charge in [-0.2, -0.15) is 11.8 Å². The topological polar surface area (TPSA) is 55.1 Å². The summed E-state index contributed by atoms with van der Waals surface area (Å²) >= 11 is 1.71. The first-order valence-corrected chi connectivity index (χ1v) is 6.25. The van der Waals surface area contributed by atoms with E-state index in [2.05, 4.69) is 5.32 Å². The second kappa shape index (κ2) is 7.87. The molecule has 0 aromatic heterocycles. The molecular weight excluding hydrogens is 222 g/mol. The van der Waals surface area contributed by atoms with Crippen LogP contribution in [0.2, 0.25) is 0 Å². The second-order valence-electron chi connectivity index (χ2n) is 3.29. The number of alkyl halides is 2. The molecule has 0 heterocycles. The molecule has 0 unspecified atom stereocenters. The molecule has 0 aliphatic heterocycles. The van der Waals surface area contributed by atoms with Crippen molar-refractivity contribution in [2.75, 3.05) is 25.1 Å². The van der Waals surface area contributed by atoms with Crippen molar-refractivity contribution >= 4 is 17.7 Å². The molecule has 0 spiro atoms. The van der Waals surface area contributed by atoms with Gasteiger partial charge in [-0.05, 0) is 24.9 Å². The predicted molar refractivity (Wildman–Crippen MR) is 59.2 cm³/mol. The van der Waals surface area contributed by atoms with Gasteiger partial charge in [0, 0.05) is 6.42 Å². The van der Waals surface area contributed by atoms with Crippen LogP contribution in [0.5, 0.6) is 0 Å². The number of nitrogens with two attached hydrogens (primary N) is 1. The lowest BCUT2D eigenvalue weighted by Gasteiger charge is -2.14. The Kier molecular flexibility index (Phi) is 7.68. The Morgan fingerprint density at radius 3 is 2.67 bits per heavy atom. The van der Waals surface area contributed by atoms with E-state index < -0.39 is 19.0 Å². The molecule has 0 saturated carbocycles. The highest BCUT2D eigenvalue weighted by atomic mass is 32.2. The molecule has 3 N–H and O–H groups in total. The maximum atomic E-state index is 12.6. The van der Waals surface area contributed by atoms with Crippen LogP contribution in [0, 0.1) is 0 Å². The van der Waals surface area contributed by atoms with Crippen LogP contribution in [0.25, 0.3) is 0 Å². The van der Waals surface area contributed by atoms with Crippen molar-refractivity contribution in [3.05, 3.63) is 0 Å². The summed E-state index contributed by atoms with van der Waals surface area (Å²) < 4.78 is 25.2. The number of rotatable bonds is 8. The molecule has 1 amide bonds. The van der Waals surface area contributed by atoms with E-state index in [0.717, 1.165) is 18.6 Å². The van der Waals surface area contributed by atoms with Gasteiger partial charge in [-0.3, -0.25) is 4.79 Å². The van der Waals surface area contributed by atoms with Crippen LogP contribution in [0.1, 0.15) is 19.3 Å². The van der Waals surface area contributed by atoms with Crippen molar-refractivity contribution in [1.29, 1.82) is 0 Å². The number of carbonyl (C=O) groups excluding carboxylic acids is 1. The molecule has 0 atom stereocenters. The highest BCUT2D eigenvalue weighted by Crippen LogP contribution is 2.09. The van der Waals surface area contributed by atoms with Gasteiger partial charge in [0.05, 0.1) is 13.1 Å². The Morgan fingerprint density at radius 1 is 1.47 bits per heavy atom. The first-order chi connectivity index (χ1) is 7.02. The third-order valence-corrected chi connectivity index (χ3v) is 2.54. The summed E-state index contributed by atoms with van der Waals surface area (Å²) in [6.45, 7) is -1.40. The number of amides is 1. The van der Waals surface area contributed by atoms with Gasteiger partial charge in [0.15, 0.2) is 0 Å². The summed E-state index contributed by atoms with van der Waals surface area (Å²) in [5.74, 6) is -2.33. The molecule has 15 heavy (non-hydrogen) atoms. The minimum absolute atomic E-state index is 0.307. The molecule has 6 heteroatoms. The first-order valence-electron chi connectivity index (χ1n) is 4.85. The number of thioether (sulfide) groups is 1. The van der Waals surface area contributed by atoms with E-state index in [9.17, 15) is 13.6 Å². The zero-order valence-corrected chi connectivity index (χ0v) is 9.71. The number of hydrogen-bond donors (Lipinski definition) is 2. The van der Waals surface area contributed by atoms with Crippen molar-refractivity contribution in [3.63, 3.8) is 0 Å². The molecule has 0 bridgehead atoms. The number of unbranched alkanes of at least 4 members (excludes halogenated alkanes) is 1. The Balaban J connectivity index is 3.49. The van der Waals surface area contributed by atoms with Crippen LogP contribution in [0.15, 0.2) is 0 Å². The smallest absolute Gasteiger partial charge is 0.277 e. The largest absolute Gasteiger partial charge is 0.350 e. The van der Waals surface area contributed by atoms with Crippen LogP contribution in [0.4, 0.5) is 8.78 Å². The normalized spacial score (nSPS) is 11.5. The second-order valence-corrected chi connectivity index (χ2v) is 4.27. The van der Waals surface area contributed by atoms with Gasteiger partial charge in [-0.25, -0.2) is 8.78 Å². The van der Waals surface area contributed by atoms with Gasteiger partial charge in [0.25, 0.3) is 5.92 Å². The number of nitrogens with one attached hydrogen (secondary N) is 1. The molecule has 0 fully saturated rings. The first kappa shape index (κ1) is 14.6. The molecule has 0 rings (SSSR count). The quantitative estimate of drug-likeness (QED) is 0.627.